The summed E-state index contributed by atoms with van der Waals surface area (Å²) in [6.45, 7) is 7.34. The van der Waals surface area contributed by atoms with Gasteiger partial charge in [0.15, 0.2) is 0 Å². The largest absolute Gasteiger partial charge is 0.444 e. The number of nitrogens with two attached hydrogens (primary N) is 1. The van der Waals surface area contributed by atoms with Gasteiger partial charge in [-0.05, 0) is 27.2 Å². The number of ether oxygens (including phenoxy) is 1. The highest BCUT2D eigenvalue weighted by molar-refractivity contribution is 5.80. The average Bonchev–Trinajstić information content (AvgIpc) is 2.82. The first kappa shape index (κ1) is 14.1. The third-order valence-electron chi connectivity index (χ3n) is 3.44. The lowest BCUT2D eigenvalue weighted by atomic mass is 10.2. The van der Waals surface area contributed by atoms with Crippen molar-refractivity contribution >= 4 is 12.0 Å². The van der Waals surface area contributed by atoms with E-state index in [9.17, 15) is 9.59 Å². The van der Waals surface area contributed by atoms with Crippen molar-refractivity contribution in [2.45, 2.75) is 51.3 Å². The third kappa shape index (κ3) is 3.37. The molecule has 0 saturated carbocycles. The minimum absolute atomic E-state index is 0.0666. The van der Waals surface area contributed by atoms with Gasteiger partial charge in [0, 0.05) is 32.1 Å². The van der Waals surface area contributed by atoms with Gasteiger partial charge >= 0.3 is 6.09 Å². The summed E-state index contributed by atoms with van der Waals surface area (Å²) < 4.78 is 5.34. The lowest BCUT2D eigenvalue weighted by molar-refractivity contribution is -0.129. The lowest BCUT2D eigenvalue weighted by Gasteiger charge is -2.26. The zero-order chi connectivity index (χ0) is 14.2. The molecule has 108 valence electrons. The molecule has 2 aliphatic heterocycles. The van der Waals surface area contributed by atoms with Crippen LogP contribution in [0, 0.1) is 0 Å². The minimum atomic E-state index is -0.485. The molecule has 0 aromatic rings. The van der Waals surface area contributed by atoms with E-state index in [1.807, 2.05) is 25.7 Å². The monoisotopic (exact) mass is 269 g/mol. The summed E-state index contributed by atoms with van der Waals surface area (Å²) in [4.78, 5) is 27.2. The van der Waals surface area contributed by atoms with Crippen LogP contribution in [-0.4, -0.2) is 59.1 Å². The van der Waals surface area contributed by atoms with Crippen LogP contribution in [0.1, 0.15) is 33.6 Å². The highest BCUT2D eigenvalue weighted by Crippen LogP contribution is 2.22. The first-order chi connectivity index (χ1) is 8.76. The first-order valence-corrected chi connectivity index (χ1v) is 6.79. The predicted octanol–water partition coefficient (Wildman–Crippen LogP) is 0.555. The van der Waals surface area contributed by atoms with Gasteiger partial charge in [0.2, 0.25) is 5.91 Å². The maximum absolute atomic E-state index is 11.9. The Morgan fingerprint density at radius 2 is 2.05 bits per heavy atom. The van der Waals surface area contributed by atoms with Crippen molar-refractivity contribution in [3.05, 3.63) is 0 Å². The van der Waals surface area contributed by atoms with Gasteiger partial charge < -0.3 is 20.3 Å². The molecule has 2 aliphatic rings. The Bertz CT molecular complexity index is 378. The van der Waals surface area contributed by atoms with Gasteiger partial charge in [-0.1, -0.05) is 0 Å². The normalized spacial score (nSPS) is 28.1. The van der Waals surface area contributed by atoms with Gasteiger partial charge in [0.1, 0.15) is 5.60 Å². The molecule has 2 N–H and O–H groups in total. The van der Waals surface area contributed by atoms with E-state index in [4.69, 9.17) is 10.5 Å². The van der Waals surface area contributed by atoms with E-state index in [-0.39, 0.29) is 24.1 Å². The van der Waals surface area contributed by atoms with Gasteiger partial charge in [-0.15, -0.1) is 0 Å². The Hall–Kier alpha value is -1.30. The Morgan fingerprint density at radius 1 is 1.37 bits per heavy atom. The van der Waals surface area contributed by atoms with Gasteiger partial charge in [0.25, 0.3) is 0 Å². The van der Waals surface area contributed by atoms with E-state index in [1.54, 1.807) is 4.90 Å². The number of amides is 2. The summed E-state index contributed by atoms with van der Waals surface area (Å²) in [5, 5.41) is 0. The van der Waals surface area contributed by atoms with Crippen molar-refractivity contribution in [3.8, 4) is 0 Å². The highest BCUT2D eigenvalue weighted by atomic mass is 16.6. The van der Waals surface area contributed by atoms with Crippen molar-refractivity contribution in [1.29, 1.82) is 0 Å². The van der Waals surface area contributed by atoms with E-state index in [0.29, 0.717) is 26.1 Å². The summed E-state index contributed by atoms with van der Waals surface area (Å²) in [6, 6.07) is 0.0247. The van der Waals surface area contributed by atoms with E-state index in [2.05, 4.69) is 0 Å². The van der Waals surface area contributed by atoms with Gasteiger partial charge in [0.05, 0.1) is 6.04 Å². The molecule has 0 radical (unpaired) electrons. The van der Waals surface area contributed by atoms with E-state index < -0.39 is 5.60 Å². The van der Waals surface area contributed by atoms with Crippen molar-refractivity contribution < 1.29 is 14.3 Å². The molecule has 2 saturated heterocycles. The second-order valence-electron chi connectivity index (χ2n) is 6.38. The van der Waals surface area contributed by atoms with E-state index in [1.165, 1.54) is 0 Å². The average molecular weight is 269 g/mol. The first-order valence-electron chi connectivity index (χ1n) is 6.79. The number of likely N-dealkylation sites (tertiary alicyclic amines) is 2. The number of carbonyl (C=O) groups excluding carboxylic acids is 2. The van der Waals surface area contributed by atoms with E-state index in [0.717, 1.165) is 6.42 Å². The number of rotatable bonds is 1. The summed E-state index contributed by atoms with van der Waals surface area (Å²) in [5.41, 5.74) is 5.31. The second-order valence-corrected chi connectivity index (χ2v) is 6.38. The molecule has 6 heteroatoms. The molecule has 2 atom stereocenters. The molecule has 19 heavy (non-hydrogen) atoms. The summed E-state index contributed by atoms with van der Waals surface area (Å²) >= 11 is 0. The van der Waals surface area contributed by atoms with Crippen molar-refractivity contribution in [2.24, 2.45) is 5.73 Å². The number of nitrogens with zero attached hydrogens (tertiary/aromatic N) is 2. The smallest absolute Gasteiger partial charge is 0.410 e. The van der Waals surface area contributed by atoms with E-state index >= 15 is 0 Å². The van der Waals surface area contributed by atoms with Crippen molar-refractivity contribution in [2.75, 3.05) is 19.6 Å². The van der Waals surface area contributed by atoms with Gasteiger partial charge in [-0.25, -0.2) is 4.79 Å². The molecular formula is C13H23N3O3. The Balaban J connectivity index is 1.90. The fourth-order valence-corrected chi connectivity index (χ4v) is 2.60. The van der Waals surface area contributed by atoms with Crippen LogP contribution >= 0.6 is 0 Å². The zero-order valence-electron chi connectivity index (χ0n) is 11.9. The predicted molar refractivity (Wildman–Crippen MR) is 70.5 cm³/mol. The highest BCUT2D eigenvalue weighted by Gasteiger charge is 2.38. The maximum Gasteiger partial charge on any atom is 0.410 e. The molecule has 1 unspecified atom stereocenters. The molecule has 2 fully saturated rings. The minimum Gasteiger partial charge on any atom is -0.444 e. The van der Waals surface area contributed by atoms with Crippen LogP contribution in [0.25, 0.3) is 0 Å². The van der Waals surface area contributed by atoms with Crippen LogP contribution in [0.2, 0.25) is 0 Å². The summed E-state index contributed by atoms with van der Waals surface area (Å²) in [7, 11) is 0. The SMILES string of the molecule is CC(C)(C)OC(=O)N1CC[C@@H](N2CC(N)CC2=O)C1. The molecule has 0 aliphatic carbocycles. The second kappa shape index (κ2) is 5.00. The Morgan fingerprint density at radius 3 is 2.58 bits per heavy atom. The fraction of sp³-hybridized carbons (Fsp3) is 0.846. The molecule has 2 rings (SSSR count). The van der Waals surface area contributed by atoms with Crippen LogP contribution < -0.4 is 5.73 Å². The van der Waals surface area contributed by atoms with Gasteiger partial charge in [-0.2, -0.15) is 0 Å². The van der Waals surface area contributed by atoms with Crippen LogP contribution in [0.4, 0.5) is 4.79 Å². The lowest BCUT2D eigenvalue weighted by Crippen LogP contribution is -2.41. The van der Waals surface area contributed by atoms with Crippen LogP contribution in [0.15, 0.2) is 0 Å². The number of hydrogen-bond donors (Lipinski definition) is 1. The zero-order valence-corrected chi connectivity index (χ0v) is 11.9. The Kier molecular flexibility index (Phi) is 3.71. The molecule has 0 aromatic carbocycles. The van der Waals surface area contributed by atoms with Crippen molar-refractivity contribution in [1.82, 2.24) is 9.80 Å². The molecule has 6 nitrogen and oxygen atoms in total. The van der Waals surface area contributed by atoms with Gasteiger partial charge in [-0.3, -0.25) is 4.79 Å². The molecule has 2 heterocycles. The third-order valence-corrected chi connectivity index (χ3v) is 3.44. The fourth-order valence-electron chi connectivity index (χ4n) is 2.60. The maximum atomic E-state index is 11.9. The summed E-state index contributed by atoms with van der Waals surface area (Å²) in [5.74, 6) is 0.100. The number of hydrogen-bond acceptors (Lipinski definition) is 4. The van der Waals surface area contributed by atoms with Crippen LogP contribution in [0.3, 0.4) is 0 Å². The number of carbonyl (C=O) groups is 2. The van der Waals surface area contributed by atoms with Crippen LogP contribution in [-0.2, 0) is 9.53 Å². The topological polar surface area (TPSA) is 75.9 Å². The molecule has 0 spiro atoms. The molecule has 2 amide bonds. The standard InChI is InChI=1S/C13H23N3O3/c1-13(2,3)19-12(18)15-5-4-10(8-15)16-7-9(14)6-11(16)17/h9-10H,4-8,14H2,1-3H3/t9?,10-/m1/s1. The van der Waals surface area contributed by atoms with Crippen LogP contribution in [0.5, 0.6) is 0 Å². The molecular weight excluding hydrogens is 246 g/mol. The van der Waals surface area contributed by atoms with Crippen molar-refractivity contribution in [3.63, 3.8) is 0 Å². The summed E-state index contributed by atoms with van der Waals surface area (Å²) in [6.07, 6.45) is 0.923. The molecule has 0 bridgehead atoms. The molecule has 0 aromatic heterocycles. The quantitative estimate of drug-likeness (QED) is 0.754. The Labute approximate surface area is 113 Å².